The van der Waals surface area contributed by atoms with Crippen molar-refractivity contribution in [1.29, 1.82) is 0 Å². The zero-order valence-corrected chi connectivity index (χ0v) is 19.3. The van der Waals surface area contributed by atoms with Gasteiger partial charge in [-0.05, 0) is 26.0 Å². The van der Waals surface area contributed by atoms with Crippen molar-refractivity contribution in [2.75, 3.05) is 31.1 Å². The van der Waals surface area contributed by atoms with Crippen LogP contribution in [0.5, 0.6) is 0 Å². The molecule has 9 nitrogen and oxygen atoms in total. The van der Waals surface area contributed by atoms with E-state index < -0.39 is 23.0 Å². The van der Waals surface area contributed by atoms with E-state index in [1.807, 2.05) is 23.3 Å². The topological polar surface area (TPSA) is 118 Å². The summed E-state index contributed by atoms with van der Waals surface area (Å²) < 4.78 is 25.6. The van der Waals surface area contributed by atoms with Gasteiger partial charge in [0.2, 0.25) is 5.43 Å². The second-order valence-electron chi connectivity index (χ2n) is 7.75. The Morgan fingerprint density at radius 1 is 1.27 bits per heavy atom. The van der Waals surface area contributed by atoms with Crippen LogP contribution in [-0.4, -0.2) is 41.8 Å². The van der Waals surface area contributed by atoms with E-state index in [4.69, 9.17) is 0 Å². The molecule has 0 spiro atoms. The minimum Gasteiger partial charge on any atom is -0.477 e. The smallest absolute Gasteiger partial charge is 0.477 e. The van der Waals surface area contributed by atoms with Gasteiger partial charge in [0.05, 0.1) is 21.6 Å². The maximum Gasteiger partial charge on any atom is 0.519 e. The summed E-state index contributed by atoms with van der Waals surface area (Å²) in [6.45, 7) is 8.49. The van der Waals surface area contributed by atoms with Crippen LogP contribution >= 0.6 is 11.8 Å². The highest BCUT2D eigenvalue weighted by atomic mass is 32.2. The number of hydrogen-bond acceptors (Lipinski definition) is 8. The minimum atomic E-state index is -1.27. The molecule has 2 aliphatic rings. The van der Waals surface area contributed by atoms with Crippen LogP contribution in [-0.2, 0) is 6.42 Å². The molecule has 1 fully saturated rings. The lowest BCUT2D eigenvalue weighted by atomic mass is 10.1. The highest BCUT2D eigenvalue weighted by Gasteiger charge is 2.33. The number of rotatable bonds is 3. The first-order valence-corrected chi connectivity index (χ1v) is 11.5. The maximum atomic E-state index is 14.6. The molecule has 0 bridgehead atoms. The van der Waals surface area contributed by atoms with Gasteiger partial charge in [-0.1, -0.05) is 18.7 Å². The molecule has 2 aliphatic heterocycles. The largest absolute Gasteiger partial charge is 0.519 e. The first-order chi connectivity index (χ1) is 15.7. The van der Waals surface area contributed by atoms with Gasteiger partial charge in [0, 0.05) is 38.0 Å². The van der Waals surface area contributed by atoms with Crippen LogP contribution in [0.4, 0.5) is 10.1 Å². The maximum absolute atomic E-state index is 14.6. The lowest BCUT2D eigenvalue weighted by Gasteiger charge is -2.34. The Hall–Kier alpha value is -3.05. The summed E-state index contributed by atoms with van der Waals surface area (Å²) in [6.07, 6.45) is 0.706. The van der Waals surface area contributed by atoms with E-state index >= 15 is 0 Å². The molecule has 5 rings (SSSR count). The summed E-state index contributed by atoms with van der Waals surface area (Å²) in [5.74, 6) is -1.14. The Labute approximate surface area is 192 Å². The summed E-state index contributed by atoms with van der Waals surface area (Å²) in [5, 5.41) is 13.2. The van der Waals surface area contributed by atoms with Crippen molar-refractivity contribution in [3.05, 3.63) is 55.9 Å². The molecular weight excluding hydrogens is 453 g/mol. The average molecular weight is 478 g/mol. The van der Waals surface area contributed by atoms with Crippen molar-refractivity contribution >= 4 is 34.3 Å². The fourth-order valence-corrected chi connectivity index (χ4v) is 5.22. The molecule has 3 aromatic rings. The number of hydrogen-bond donors (Lipinski definition) is 2. The van der Waals surface area contributed by atoms with Crippen molar-refractivity contribution in [3.63, 3.8) is 0 Å². The molecule has 176 valence electrons. The Kier molecular flexibility index (Phi) is 6.35. The standard InChI is InChI=1S/C16H16FN3O3S.C6H8O3/c1-8-20-11-7-12(19-4-2-18-3-5-19)10(17)6-9(11)14(21)13(16(22)23)15(20)24-8;1-3-5-4(2)8-6(7)9-5/h6-8,18H,2-5H2,1H3,(H,22,23);3H2,1-2H3/t8-;/m0./s1. The van der Waals surface area contributed by atoms with E-state index in [9.17, 15) is 23.9 Å². The van der Waals surface area contributed by atoms with E-state index in [2.05, 4.69) is 14.2 Å². The third-order valence-electron chi connectivity index (χ3n) is 5.70. The number of thioether (sulfide) groups is 1. The highest BCUT2D eigenvalue weighted by Crippen LogP contribution is 2.46. The van der Waals surface area contributed by atoms with Crippen molar-refractivity contribution in [2.45, 2.75) is 37.6 Å². The minimum absolute atomic E-state index is 0.0162. The molecule has 0 radical (unpaired) electrons. The van der Waals surface area contributed by atoms with Gasteiger partial charge in [-0.3, -0.25) is 4.79 Å². The zero-order valence-electron chi connectivity index (χ0n) is 18.4. The Morgan fingerprint density at radius 2 is 1.97 bits per heavy atom. The number of pyridine rings is 1. The number of carboxylic acids is 1. The molecule has 2 aromatic heterocycles. The van der Waals surface area contributed by atoms with E-state index in [1.165, 1.54) is 17.8 Å². The monoisotopic (exact) mass is 477 g/mol. The molecular formula is C22H24FN3O6S. The van der Waals surface area contributed by atoms with E-state index in [-0.39, 0.29) is 16.3 Å². The van der Waals surface area contributed by atoms with Crippen LogP contribution < -0.4 is 21.5 Å². The number of carbonyl (C=O) groups is 1. The quantitative estimate of drug-likeness (QED) is 0.587. The SMILES string of the molecule is CCc1oc(=O)oc1C.C[C@@H]1Sc2c(C(=O)O)c(=O)c3cc(F)c(N4CCNCC4)cc3n21. The lowest BCUT2D eigenvalue weighted by Crippen LogP contribution is -2.44. The number of halogens is 1. The number of piperazine rings is 1. The number of fused-ring (bicyclic) bond motifs is 3. The number of nitrogens with zero attached hydrogens (tertiary/aromatic N) is 2. The Balaban J connectivity index is 0.000000243. The molecule has 11 heteroatoms. The van der Waals surface area contributed by atoms with Gasteiger partial charge in [0.15, 0.2) is 0 Å². The molecule has 4 heterocycles. The molecule has 33 heavy (non-hydrogen) atoms. The van der Waals surface area contributed by atoms with Gasteiger partial charge in [-0.2, -0.15) is 0 Å². The van der Waals surface area contributed by atoms with E-state index in [0.29, 0.717) is 47.3 Å². The molecule has 2 N–H and O–H groups in total. The van der Waals surface area contributed by atoms with Gasteiger partial charge in [-0.15, -0.1) is 0 Å². The Morgan fingerprint density at radius 3 is 2.48 bits per heavy atom. The number of aryl methyl sites for hydroxylation is 2. The summed E-state index contributed by atoms with van der Waals surface area (Å²) in [5.41, 5.74) is 0.181. The van der Waals surface area contributed by atoms with Crippen LogP contribution in [0.25, 0.3) is 10.9 Å². The average Bonchev–Trinajstić information content (AvgIpc) is 3.11. The number of anilines is 1. The molecule has 1 atom stereocenters. The Bertz CT molecular complexity index is 1340. The highest BCUT2D eigenvalue weighted by molar-refractivity contribution is 8.00. The molecule has 0 aliphatic carbocycles. The van der Waals surface area contributed by atoms with Crippen LogP contribution in [0.3, 0.4) is 0 Å². The van der Waals surface area contributed by atoms with Gasteiger partial charge in [0.25, 0.3) is 0 Å². The van der Waals surface area contributed by atoms with Gasteiger partial charge in [-0.25, -0.2) is 14.0 Å². The molecule has 0 unspecified atom stereocenters. The predicted molar refractivity (Wildman–Crippen MR) is 122 cm³/mol. The third kappa shape index (κ3) is 4.18. The molecule has 1 saturated heterocycles. The normalized spacial score (nSPS) is 17.2. The van der Waals surface area contributed by atoms with Crippen molar-refractivity contribution in [3.8, 4) is 0 Å². The lowest BCUT2D eigenvalue weighted by molar-refractivity contribution is 0.0689. The molecule has 1 aromatic carbocycles. The second kappa shape index (κ2) is 9.06. The first-order valence-electron chi connectivity index (χ1n) is 10.6. The van der Waals surface area contributed by atoms with Crippen LogP contribution in [0.1, 0.15) is 41.1 Å². The van der Waals surface area contributed by atoms with Gasteiger partial charge >= 0.3 is 11.8 Å². The first kappa shape index (κ1) is 23.1. The zero-order chi connectivity index (χ0) is 23.9. The van der Waals surface area contributed by atoms with Crippen LogP contribution in [0, 0.1) is 12.7 Å². The van der Waals surface area contributed by atoms with Crippen molar-refractivity contribution in [1.82, 2.24) is 9.88 Å². The fourth-order valence-electron chi connectivity index (χ4n) is 4.07. The van der Waals surface area contributed by atoms with Crippen LogP contribution in [0.15, 0.2) is 35.6 Å². The number of carboxylic acid groups (broad SMARTS) is 1. The summed E-state index contributed by atoms with van der Waals surface area (Å²) in [6, 6.07) is 2.87. The number of benzene rings is 1. The van der Waals surface area contributed by atoms with Crippen molar-refractivity contribution < 1.29 is 23.1 Å². The van der Waals surface area contributed by atoms with Gasteiger partial charge in [0.1, 0.15) is 22.9 Å². The van der Waals surface area contributed by atoms with Crippen LogP contribution in [0.2, 0.25) is 0 Å². The fraction of sp³-hybridized carbons (Fsp3) is 0.409. The summed E-state index contributed by atoms with van der Waals surface area (Å²) in [4.78, 5) is 36.3. The summed E-state index contributed by atoms with van der Waals surface area (Å²) >= 11 is 1.35. The molecule has 0 saturated carbocycles. The van der Waals surface area contributed by atoms with E-state index in [1.54, 1.807) is 13.0 Å². The number of nitrogens with one attached hydrogen (secondary N) is 1. The predicted octanol–water partition coefficient (Wildman–Crippen LogP) is 2.98. The summed E-state index contributed by atoms with van der Waals surface area (Å²) in [7, 11) is 0. The van der Waals surface area contributed by atoms with Crippen molar-refractivity contribution in [2.24, 2.45) is 0 Å². The number of aromatic nitrogens is 1. The molecule has 0 amide bonds. The van der Waals surface area contributed by atoms with E-state index in [0.717, 1.165) is 13.1 Å². The second-order valence-corrected chi connectivity index (χ2v) is 9.05. The van der Waals surface area contributed by atoms with Gasteiger partial charge < -0.3 is 28.7 Å². The third-order valence-corrected chi connectivity index (χ3v) is 6.88. The number of aromatic carboxylic acids is 1.